The highest BCUT2D eigenvalue weighted by Gasteiger charge is 2.24. The fourth-order valence-electron chi connectivity index (χ4n) is 4.99. The normalized spacial score (nSPS) is 17.9. The number of aromatic nitrogens is 5. The molecular weight excluding hydrogens is 478 g/mol. The van der Waals surface area contributed by atoms with Crippen molar-refractivity contribution in [1.29, 1.82) is 0 Å². The maximum absolute atomic E-state index is 13.5. The molecule has 37 heavy (non-hydrogen) atoms. The summed E-state index contributed by atoms with van der Waals surface area (Å²) >= 11 is 0. The summed E-state index contributed by atoms with van der Waals surface area (Å²) in [5.41, 5.74) is 2.44. The number of fused-ring (bicyclic) bond motifs is 2. The summed E-state index contributed by atoms with van der Waals surface area (Å²) in [5, 5.41) is 18.8. The number of phenols is 1. The maximum atomic E-state index is 13.5. The molecule has 1 aliphatic carbocycles. The van der Waals surface area contributed by atoms with Gasteiger partial charge in [-0.1, -0.05) is 12.1 Å². The van der Waals surface area contributed by atoms with Crippen LogP contribution in [-0.4, -0.2) is 42.3 Å². The molecule has 0 spiro atoms. The molecule has 3 aromatic heterocycles. The van der Waals surface area contributed by atoms with Gasteiger partial charge in [-0.3, -0.25) is 9.48 Å². The van der Waals surface area contributed by atoms with Crippen LogP contribution in [0.1, 0.15) is 42.1 Å². The number of benzene rings is 2. The number of aromatic amines is 1. The minimum absolute atomic E-state index is 0.151. The van der Waals surface area contributed by atoms with Gasteiger partial charge in [0.15, 0.2) is 23.2 Å². The number of carbonyl (C=O) groups is 1. The second-order valence-corrected chi connectivity index (χ2v) is 9.53. The summed E-state index contributed by atoms with van der Waals surface area (Å²) in [6.45, 7) is 0.422. The van der Waals surface area contributed by atoms with Crippen LogP contribution in [0.5, 0.6) is 5.75 Å². The number of carbonyl (C=O) groups excluding carboxylic acids is 1. The molecule has 1 amide bonds. The number of nitrogens with one attached hydrogen (secondary N) is 2. The molecule has 3 N–H and O–H groups in total. The van der Waals surface area contributed by atoms with Crippen LogP contribution in [0.2, 0.25) is 0 Å². The quantitative estimate of drug-likeness (QED) is 0.309. The average Bonchev–Trinajstić information content (AvgIpc) is 3.56. The lowest BCUT2D eigenvalue weighted by Gasteiger charge is -2.28. The first kappa shape index (κ1) is 23.1. The molecule has 0 aliphatic heterocycles. The van der Waals surface area contributed by atoms with E-state index >= 15 is 0 Å². The first-order valence-corrected chi connectivity index (χ1v) is 12.2. The van der Waals surface area contributed by atoms with Crippen molar-refractivity contribution in [3.8, 4) is 17.1 Å². The minimum Gasteiger partial charge on any atom is -0.503 e. The lowest BCUT2D eigenvalue weighted by molar-refractivity contribution is 0.0940. The molecule has 5 aromatic rings. The molecule has 188 valence electrons. The molecule has 0 unspecified atom stereocenters. The molecule has 1 aliphatic rings. The lowest BCUT2D eigenvalue weighted by atomic mass is 9.86. The van der Waals surface area contributed by atoms with Crippen molar-refractivity contribution in [1.82, 2.24) is 30.0 Å². The number of halogens is 2. The summed E-state index contributed by atoms with van der Waals surface area (Å²) in [7, 11) is 0. The Morgan fingerprint density at radius 1 is 1.08 bits per heavy atom. The number of amides is 1. The van der Waals surface area contributed by atoms with Gasteiger partial charge in [0.2, 0.25) is 0 Å². The largest absolute Gasteiger partial charge is 0.503 e. The molecule has 8 nitrogen and oxygen atoms in total. The first-order valence-electron chi connectivity index (χ1n) is 12.2. The molecule has 0 atom stereocenters. The van der Waals surface area contributed by atoms with E-state index in [-0.39, 0.29) is 17.5 Å². The van der Waals surface area contributed by atoms with Gasteiger partial charge in [0.05, 0.1) is 11.6 Å². The Morgan fingerprint density at radius 3 is 2.65 bits per heavy atom. The fourth-order valence-corrected chi connectivity index (χ4v) is 4.99. The SMILES string of the molecule is O=C(NCC1CCC(n2cc3ccc(-c4ncc5cc[nH]c5n4)cc3n2)CC1)c1cc(F)c(O)c(F)c1. The standard InChI is InChI=1S/C27H24F2N6O2/c28-21-9-19(10-22(29)24(21)36)27(37)32-12-15-1-5-20(6-2-15)35-14-18-4-3-16(11-23(18)34-35)25-31-13-17-7-8-30-26(17)33-25/h3-4,7-11,13-15,20,36H,1-2,5-6,12H2,(H,32,37)(H,30,31,33). The van der Waals surface area contributed by atoms with Crippen LogP contribution in [0.15, 0.2) is 55.0 Å². The van der Waals surface area contributed by atoms with E-state index in [2.05, 4.69) is 26.5 Å². The zero-order valence-corrected chi connectivity index (χ0v) is 19.8. The van der Waals surface area contributed by atoms with Gasteiger partial charge in [-0.15, -0.1) is 0 Å². The van der Waals surface area contributed by atoms with E-state index in [1.54, 1.807) is 6.20 Å². The van der Waals surface area contributed by atoms with E-state index in [4.69, 9.17) is 5.10 Å². The molecule has 0 radical (unpaired) electrons. The van der Waals surface area contributed by atoms with Gasteiger partial charge in [0, 0.05) is 47.0 Å². The second kappa shape index (κ2) is 9.27. The Kier molecular flexibility index (Phi) is 5.78. The number of H-pyrrole nitrogens is 1. The third kappa shape index (κ3) is 4.50. The monoisotopic (exact) mass is 502 g/mol. The molecule has 2 aromatic carbocycles. The van der Waals surface area contributed by atoms with Crippen molar-refractivity contribution in [3.63, 3.8) is 0 Å². The topological polar surface area (TPSA) is 109 Å². The number of hydrogen-bond acceptors (Lipinski definition) is 5. The first-order chi connectivity index (χ1) is 17.9. The molecule has 0 bridgehead atoms. The van der Waals surface area contributed by atoms with E-state index in [1.807, 2.05) is 35.1 Å². The maximum Gasteiger partial charge on any atom is 0.251 e. The van der Waals surface area contributed by atoms with E-state index in [0.29, 0.717) is 12.4 Å². The number of nitrogens with zero attached hydrogens (tertiary/aromatic N) is 4. The van der Waals surface area contributed by atoms with Gasteiger partial charge in [0.1, 0.15) is 5.65 Å². The Labute approximate surface area is 210 Å². The molecule has 3 heterocycles. The van der Waals surface area contributed by atoms with Crippen LogP contribution in [0.4, 0.5) is 8.78 Å². The lowest BCUT2D eigenvalue weighted by Crippen LogP contribution is -2.31. The third-order valence-corrected chi connectivity index (χ3v) is 7.10. The van der Waals surface area contributed by atoms with Crippen LogP contribution < -0.4 is 5.32 Å². The van der Waals surface area contributed by atoms with Gasteiger partial charge in [-0.25, -0.2) is 18.7 Å². The van der Waals surface area contributed by atoms with E-state index < -0.39 is 23.3 Å². The Hall–Kier alpha value is -4.34. The van der Waals surface area contributed by atoms with Crippen molar-refractivity contribution < 1.29 is 18.7 Å². The van der Waals surface area contributed by atoms with Gasteiger partial charge >= 0.3 is 0 Å². The van der Waals surface area contributed by atoms with Crippen molar-refractivity contribution in [2.45, 2.75) is 31.7 Å². The molecular formula is C27H24F2N6O2. The van der Waals surface area contributed by atoms with Gasteiger partial charge in [-0.05, 0) is 55.9 Å². The second-order valence-electron chi connectivity index (χ2n) is 9.53. The highest BCUT2D eigenvalue weighted by atomic mass is 19.1. The predicted octanol–water partition coefficient (Wildman–Crippen LogP) is 5.12. The van der Waals surface area contributed by atoms with Gasteiger partial charge in [0.25, 0.3) is 5.91 Å². The molecule has 1 saturated carbocycles. The molecule has 10 heteroatoms. The number of aromatic hydroxyl groups is 1. The predicted molar refractivity (Wildman–Crippen MR) is 134 cm³/mol. The highest BCUT2D eigenvalue weighted by Crippen LogP contribution is 2.33. The van der Waals surface area contributed by atoms with Crippen molar-refractivity contribution in [2.75, 3.05) is 6.54 Å². The summed E-state index contributed by atoms with van der Waals surface area (Å²) in [6, 6.07) is 9.91. The van der Waals surface area contributed by atoms with Crippen molar-refractivity contribution in [3.05, 3.63) is 72.2 Å². The van der Waals surface area contributed by atoms with Crippen LogP contribution in [0.25, 0.3) is 33.3 Å². The zero-order chi connectivity index (χ0) is 25.5. The summed E-state index contributed by atoms with van der Waals surface area (Å²) < 4.78 is 29.1. The Bertz CT molecular complexity index is 1600. The summed E-state index contributed by atoms with van der Waals surface area (Å²) in [6.07, 6.45) is 9.33. The van der Waals surface area contributed by atoms with E-state index in [1.165, 1.54) is 0 Å². The van der Waals surface area contributed by atoms with Crippen LogP contribution in [-0.2, 0) is 0 Å². The average molecular weight is 503 g/mol. The van der Waals surface area contributed by atoms with Crippen molar-refractivity contribution >= 4 is 27.8 Å². The van der Waals surface area contributed by atoms with Crippen LogP contribution in [0.3, 0.4) is 0 Å². The summed E-state index contributed by atoms with van der Waals surface area (Å²) in [5.74, 6) is -3.04. The Morgan fingerprint density at radius 2 is 1.86 bits per heavy atom. The highest BCUT2D eigenvalue weighted by molar-refractivity contribution is 5.94. The Balaban J connectivity index is 1.08. The van der Waals surface area contributed by atoms with Gasteiger partial charge < -0.3 is 15.4 Å². The van der Waals surface area contributed by atoms with Crippen molar-refractivity contribution in [2.24, 2.45) is 5.92 Å². The molecule has 1 fully saturated rings. The zero-order valence-electron chi connectivity index (χ0n) is 19.8. The minimum atomic E-state index is -1.15. The van der Waals surface area contributed by atoms with Crippen LogP contribution >= 0.6 is 0 Å². The number of hydrogen-bond donors (Lipinski definition) is 3. The van der Waals surface area contributed by atoms with E-state index in [9.17, 15) is 18.7 Å². The van der Waals surface area contributed by atoms with E-state index in [0.717, 1.165) is 65.3 Å². The smallest absolute Gasteiger partial charge is 0.251 e. The molecule has 6 rings (SSSR count). The summed E-state index contributed by atoms with van der Waals surface area (Å²) in [4.78, 5) is 24.5. The number of rotatable bonds is 5. The molecule has 0 saturated heterocycles. The fraction of sp³-hybridized carbons (Fsp3) is 0.259. The van der Waals surface area contributed by atoms with Gasteiger partial charge in [-0.2, -0.15) is 5.10 Å². The number of phenolic OH excluding ortho intramolecular Hbond substituents is 1. The van der Waals surface area contributed by atoms with Crippen LogP contribution in [0, 0.1) is 17.6 Å². The third-order valence-electron chi connectivity index (χ3n) is 7.10.